The van der Waals surface area contributed by atoms with Gasteiger partial charge in [-0.2, -0.15) is 0 Å². The van der Waals surface area contributed by atoms with Crippen LogP contribution in [0, 0.1) is 0 Å². The van der Waals surface area contributed by atoms with Crippen molar-refractivity contribution in [1.82, 2.24) is 0 Å². The molecule has 0 aromatic heterocycles. The summed E-state index contributed by atoms with van der Waals surface area (Å²) in [5.41, 5.74) is 0.815. The third kappa shape index (κ3) is 3.02. The standard InChI is InChI=1S/C9H13NO2.H2O/c1-8(12)10(7-11)9-5-3-2-4-6-9;/h2-6,8,11-12H,7H2,1H3;1H2. The number of rotatable bonds is 3. The average Bonchev–Trinajstić information content (AvgIpc) is 2.07. The summed E-state index contributed by atoms with van der Waals surface area (Å²) in [6, 6.07) is 9.29. The van der Waals surface area contributed by atoms with Crippen LogP contribution in [0.3, 0.4) is 0 Å². The molecule has 0 saturated heterocycles. The van der Waals surface area contributed by atoms with Gasteiger partial charge in [0, 0.05) is 5.69 Å². The first kappa shape index (κ1) is 11.9. The molecule has 4 nitrogen and oxygen atoms in total. The van der Waals surface area contributed by atoms with E-state index in [0.29, 0.717) is 0 Å². The van der Waals surface area contributed by atoms with Gasteiger partial charge in [0.05, 0.1) is 0 Å². The van der Waals surface area contributed by atoms with Crippen molar-refractivity contribution < 1.29 is 15.7 Å². The molecule has 0 aliphatic heterocycles. The van der Waals surface area contributed by atoms with Crippen LogP contribution < -0.4 is 4.90 Å². The number of aliphatic hydroxyl groups is 2. The van der Waals surface area contributed by atoms with Crippen LogP contribution in [-0.2, 0) is 0 Å². The van der Waals surface area contributed by atoms with Crippen molar-refractivity contribution in [2.75, 3.05) is 11.6 Å². The Morgan fingerprint density at radius 1 is 1.31 bits per heavy atom. The van der Waals surface area contributed by atoms with E-state index in [1.165, 1.54) is 4.90 Å². The molecule has 0 radical (unpaired) electrons. The Bertz CT molecular complexity index is 226. The maximum Gasteiger partial charge on any atom is 0.125 e. The lowest BCUT2D eigenvalue weighted by atomic mass is 10.3. The van der Waals surface area contributed by atoms with Crippen molar-refractivity contribution in [1.29, 1.82) is 0 Å². The fourth-order valence-electron chi connectivity index (χ4n) is 1.04. The van der Waals surface area contributed by atoms with Crippen LogP contribution >= 0.6 is 0 Å². The Morgan fingerprint density at radius 3 is 2.23 bits per heavy atom. The number of benzene rings is 1. The first-order valence-electron chi connectivity index (χ1n) is 3.86. The van der Waals surface area contributed by atoms with Gasteiger partial charge >= 0.3 is 0 Å². The smallest absolute Gasteiger partial charge is 0.125 e. The Hall–Kier alpha value is -1.10. The van der Waals surface area contributed by atoms with Crippen LogP contribution in [0.15, 0.2) is 30.3 Å². The summed E-state index contributed by atoms with van der Waals surface area (Å²) in [5, 5.41) is 18.1. The summed E-state index contributed by atoms with van der Waals surface area (Å²) in [7, 11) is 0. The van der Waals surface area contributed by atoms with Crippen LogP contribution in [0.5, 0.6) is 0 Å². The molecule has 4 N–H and O–H groups in total. The largest absolute Gasteiger partial charge is 0.412 e. The summed E-state index contributed by atoms with van der Waals surface area (Å²) in [6.07, 6.45) is -0.669. The predicted molar refractivity (Wildman–Crippen MR) is 51.3 cm³/mol. The Kier molecular flexibility index (Phi) is 5.06. The topological polar surface area (TPSA) is 75.2 Å². The van der Waals surface area contributed by atoms with Gasteiger partial charge in [-0.1, -0.05) is 18.2 Å². The van der Waals surface area contributed by atoms with Gasteiger partial charge in [0.2, 0.25) is 0 Å². The maximum atomic E-state index is 9.23. The van der Waals surface area contributed by atoms with Gasteiger partial charge in [0.1, 0.15) is 13.0 Å². The fourth-order valence-corrected chi connectivity index (χ4v) is 1.04. The summed E-state index contributed by atoms with van der Waals surface area (Å²) >= 11 is 0. The first-order chi connectivity index (χ1) is 5.75. The SMILES string of the molecule is CC(O)N(CO)c1ccccc1.O. The van der Waals surface area contributed by atoms with E-state index in [2.05, 4.69) is 0 Å². The van der Waals surface area contributed by atoms with E-state index in [0.717, 1.165) is 5.69 Å². The van der Waals surface area contributed by atoms with Crippen LogP contribution in [-0.4, -0.2) is 28.6 Å². The third-order valence-electron chi connectivity index (χ3n) is 1.69. The first-order valence-corrected chi connectivity index (χ1v) is 3.86. The zero-order chi connectivity index (χ0) is 8.97. The van der Waals surface area contributed by atoms with Crippen LogP contribution in [0.4, 0.5) is 5.69 Å². The molecule has 0 bridgehead atoms. The zero-order valence-corrected chi connectivity index (χ0v) is 7.51. The second-order valence-corrected chi connectivity index (χ2v) is 2.58. The number of para-hydroxylation sites is 1. The third-order valence-corrected chi connectivity index (χ3v) is 1.69. The van der Waals surface area contributed by atoms with Gasteiger partial charge in [-0.25, -0.2) is 0 Å². The number of nitrogens with zero attached hydrogens (tertiary/aromatic N) is 1. The van der Waals surface area contributed by atoms with E-state index in [1.807, 2.05) is 30.3 Å². The molecule has 1 aromatic rings. The molecule has 1 atom stereocenters. The number of hydrogen-bond acceptors (Lipinski definition) is 3. The molecule has 1 unspecified atom stereocenters. The van der Waals surface area contributed by atoms with E-state index >= 15 is 0 Å². The summed E-state index contributed by atoms with van der Waals surface area (Å²) in [6.45, 7) is 1.44. The second-order valence-electron chi connectivity index (χ2n) is 2.58. The predicted octanol–water partition coefficient (Wildman–Crippen LogP) is -0.0436. The molecule has 0 spiro atoms. The minimum absolute atomic E-state index is 0. The highest BCUT2D eigenvalue weighted by Crippen LogP contribution is 2.13. The highest BCUT2D eigenvalue weighted by molar-refractivity contribution is 5.45. The molecular weight excluding hydrogens is 170 g/mol. The summed E-state index contributed by atoms with van der Waals surface area (Å²) in [4.78, 5) is 1.49. The molecule has 0 saturated carbocycles. The number of aliphatic hydroxyl groups excluding tert-OH is 2. The molecule has 13 heavy (non-hydrogen) atoms. The molecule has 0 aliphatic carbocycles. The molecule has 4 heteroatoms. The van der Waals surface area contributed by atoms with E-state index < -0.39 is 6.23 Å². The normalized spacial score (nSPS) is 11.6. The number of hydrogen-bond donors (Lipinski definition) is 2. The van der Waals surface area contributed by atoms with E-state index in [1.54, 1.807) is 6.92 Å². The molecule has 0 amide bonds. The lowest BCUT2D eigenvalue weighted by molar-refractivity contribution is 0.151. The van der Waals surface area contributed by atoms with Gasteiger partial charge < -0.3 is 20.6 Å². The van der Waals surface area contributed by atoms with Crippen molar-refractivity contribution in [3.05, 3.63) is 30.3 Å². The molecule has 0 fully saturated rings. The summed E-state index contributed by atoms with van der Waals surface area (Å²) in [5.74, 6) is 0. The second kappa shape index (κ2) is 5.53. The van der Waals surface area contributed by atoms with Gasteiger partial charge in [0.15, 0.2) is 0 Å². The highest BCUT2D eigenvalue weighted by atomic mass is 16.3. The van der Waals surface area contributed by atoms with E-state index in [9.17, 15) is 5.11 Å². The average molecular weight is 185 g/mol. The zero-order valence-electron chi connectivity index (χ0n) is 7.51. The van der Waals surface area contributed by atoms with Crippen LogP contribution in [0.25, 0.3) is 0 Å². The highest BCUT2D eigenvalue weighted by Gasteiger charge is 2.08. The van der Waals surface area contributed by atoms with Gasteiger partial charge in [-0.15, -0.1) is 0 Å². The minimum atomic E-state index is -0.669. The summed E-state index contributed by atoms with van der Waals surface area (Å²) < 4.78 is 0. The van der Waals surface area contributed by atoms with Crippen molar-refractivity contribution in [2.45, 2.75) is 13.2 Å². The quantitative estimate of drug-likeness (QED) is 0.648. The molecule has 0 heterocycles. The number of anilines is 1. The lowest BCUT2D eigenvalue weighted by Gasteiger charge is -2.24. The van der Waals surface area contributed by atoms with Crippen LogP contribution in [0.1, 0.15) is 6.92 Å². The van der Waals surface area contributed by atoms with Crippen molar-refractivity contribution in [3.8, 4) is 0 Å². The molecule has 1 aromatic carbocycles. The van der Waals surface area contributed by atoms with Crippen molar-refractivity contribution >= 4 is 5.69 Å². The Balaban J connectivity index is 0.00000144. The van der Waals surface area contributed by atoms with Gasteiger partial charge in [0.25, 0.3) is 0 Å². The Morgan fingerprint density at radius 2 is 1.85 bits per heavy atom. The fraction of sp³-hybridized carbons (Fsp3) is 0.333. The Labute approximate surface area is 77.4 Å². The maximum absolute atomic E-state index is 9.23. The minimum Gasteiger partial charge on any atom is -0.412 e. The molecule has 1 rings (SSSR count). The monoisotopic (exact) mass is 185 g/mol. The van der Waals surface area contributed by atoms with Crippen LogP contribution in [0.2, 0.25) is 0 Å². The van der Waals surface area contributed by atoms with Crippen molar-refractivity contribution in [2.24, 2.45) is 0 Å². The van der Waals surface area contributed by atoms with Gasteiger partial charge in [-0.05, 0) is 19.1 Å². The van der Waals surface area contributed by atoms with Gasteiger partial charge in [-0.3, -0.25) is 0 Å². The van der Waals surface area contributed by atoms with E-state index in [-0.39, 0.29) is 12.2 Å². The molecular formula is C9H15NO3. The molecule has 0 aliphatic rings. The van der Waals surface area contributed by atoms with Crippen molar-refractivity contribution in [3.63, 3.8) is 0 Å². The molecule has 74 valence electrons. The lowest BCUT2D eigenvalue weighted by Crippen LogP contribution is -2.33. The van der Waals surface area contributed by atoms with E-state index in [4.69, 9.17) is 5.11 Å².